The number of carbonyl (C=O) groups is 1. The molecule has 1 aliphatic heterocycles. The van der Waals surface area contributed by atoms with Gasteiger partial charge in [0.1, 0.15) is 0 Å². The van der Waals surface area contributed by atoms with Crippen molar-refractivity contribution in [3.05, 3.63) is 89.3 Å². The van der Waals surface area contributed by atoms with Gasteiger partial charge in [-0.05, 0) is 24.6 Å². The average Bonchev–Trinajstić information content (AvgIpc) is 3.42. The first-order valence-corrected chi connectivity index (χ1v) is 12.8. The van der Waals surface area contributed by atoms with E-state index in [2.05, 4.69) is 10.3 Å². The largest absolute Gasteiger partial charge is 0.455 e. The summed E-state index contributed by atoms with van der Waals surface area (Å²) in [6.45, 7) is 1.48. The number of halogens is 1. The van der Waals surface area contributed by atoms with Crippen molar-refractivity contribution in [3.63, 3.8) is 0 Å². The van der Waals surface area contributed by atoms with Crippen molar-refractivity contribution in [2.45, 2.75) is 30.1 Å². The summed E-state index contributed by atoms with van der Waals surface area (Å²) in [6, 6.07) is 15.3. The van der Waals surface area contributed by atoms with Crippen LogP contribution in [-0.2, 0) is 40.9 Å². The molecule has 3 aromatic rings. The van der Waals surface area contributed by atoms with E-state index >= 15 is 0 Å². The molecule has 2 atom stereocenters. The standard InChI is InChI=1S/C23H21FN2O6S2/c1-23(21(27)26-22-25-13-18(24)33-22,16-8-10-17(11-9-16)34(2,28)29)32-20-14-30-19(31-20)12-15-6-4-3-5-7-15/h3-11,13-14,19H,12H2,1-2H3,(H,25,26,27). The van der Waals surface area contributed by atoms with Crippen LogP contribution in [-0.4, -0.2) is 31.9 Å². The van der Waals surface area contributed by atoms with Gasteiger partial charge in [-0.1, -0.05) is 53.8 Å². The molecule has 0 bridgehead atoms. The Morgan fingerprint density at radius 2 is 1.91 bits per heavy atom. The Hall–Kier alpha value is -3.44. The Morgan fingerprint density at radius 1 is 1.21 bits per heavy atom. The summed E-state index contributed by atoms with van der Waals surface area (Å²) in [5.74, 6) is -0.693. The fraction of sp³-hybridized carbons (Fsp3) is 0.217. The van der Waals surface area contributed by atoms with E-state index in [-0.39, 0.29) is 16.0 Å². The van der Waals surface area contributed by atoms with Crippen molar-refractivity contribution in [2.75, 3.05) is 11.6 Å². The van der Waals surface area contributed by atoms with Crippen LogP contribution in [0.1, 0.15) is 18.1 Å². The third-order valence-electron chi connectivity index (χ3n) is 5.08. The minimum atomic E-state index is -3.44. The fourth-order valence-corrected chi connectivity index (χ4v) is 4.42. The van der Waals surface area contributed by atoms with Crippen molar-refractivity contribution >= 4 is 32.2 Å². The van der Waals surface area contributed by atoms with Crippen LogP contribution in [0.2, 0.25) is 0 Å². The summed E-state index contributed by atoms with van der Waals surface area (Å²) in [5, 5.41) is 2.02. The lowest BCUT2D eigenvalue weighted by Gasteiger charge is -2.29. The number of carbonyl (C=O) groups excluding carboxylic acids is 1. The van der Waals surface area contributed by atoms with Crippen LogP contribution in [0.4, 0.5) is 9.52 Å². The smallest absolute Gasteiger partial charge is 0.320 e. The van der Waals surface area contributed by atoms with Crippen LogP contribution >= 0.6 is 11.3 Å². The van der Waals surface area contributed by atoms with Crippen molar-refractivity contribution in [3.8, 4) is 0 Å². The van der Waals surface area contributed by atoms with Gasteiger partial charge in [-0.2, -0.15) is 4.39 Å². The van der Waals surface area contributed by atoms with Gasteiger partial charge in [-0.25, -0.2) is 13.4 Å². The number of sulfone groups is 1. The third kappa shape index (κ3) is 5.37. The number of ether oxygens (including phenoxy) is 3. The lowest BCUT2D eigenvalue weighted by Crippen LogP contribution is -2.40. The molecule has 8 nitrogen and oxygen atoms in total. The first kappa shape index (κ1) is 23.7. The molecule has 178 valence electrons. The zero-order valence-corrected chi connectivity index (χ0v) is 19.9. The number of rotatable bonds is 8. The van der Waals surface area contributed by atoms with Gasteiger partial charge >= 0.3 is 5.95 Å². The second-order valence-electron chi connectivity index (χ2n) is 7.67. The van der Waals surface area contributed by atoms with E-state index < -0.39 is 32.8 Å². The molecule has 1 aliphatic rings. The number of thiazole rings is 1. The molecule has 34 heavy (non-hydrogen) atoms. The van der Waals surface area contributed by atoms with Crippen LogP contribution in [0, 0.1) is 5.13 Å². The average molecular weight is 505 g/mol. The molecule has 0 spiro atoms. The van der Waals surface area contributed by atoms with E-state index in [1.807, 2.05) is 30.3 Å². The van der Waals surface area contributed by atoms with Gasteiger partial charge in [0.25, 0.3) is 5.91 Å². The maximum atomic E-state index is 13.4. The number of nitrogens with one attached hydrogen (secondary N) is 1. The predicted octanol–water partition coefficient (Wildman–Crippen LogP) is 3.97. The van der Waals surface area contributed by atoms with E-state index in [0.29, 0.717) is 23.3 Å². The number of hydrogen-bond donors (Lipinski definition) is 1. The minimum Gasteiger partial charge on any atom is -0.455 e. The summed E-state index contributed by atoms with van der Waals surface area (Å²) in [6.07, 6.45) is 3.15. The molecule has 1 amide bonds. The van der Waals surface area contributed by atoms with Gasteiger partial charge in [0.2, 0.25) is 11.9 Å². The molecule has 2 heterocycles. The SMILES string of the molecule is CC(OC1=COC(Cc2ccccc2)O1)(C(=O)Nc1ncc(F)s1)c1ccc(S(C)(=O)=O)cc1. The first-order valence-electron chi connectivity index (χ1n) is 10.1. The molecule has 11 heteroatoms. The molecule has 0 saturated carbocycles. The molecule has 0 aliphatic carbocycles. The number of aromatic nitrogens is 1. The maximum absolute atomic E-state index is 13.4. The van der Waals surface area contributed by atoms with Crippen molar-refractivity contribution in [1.29, 1.82) is 0 Å². The van der Waals surface area contributed by atoms with Crippen molar-refractivity contribution < 1.29 is 31.8 Å². The number of benzene rings is 2. The Balaban J connectivity index is 1.56. The zero-order chi connectivity index (χ0) is 24.3. The highest BCUT2D eigenvalue weighted by atomic mass is 32.2. The molecule has 2 aromatic carbocycles. The van der Waals surface area contributed by atoms with E-state index in [1.54, 1.807) is 0 Å². The minimum absolute atomic E-state index is 0.0314. The summed E-state index contributed by atoms with van der Waals surface area (Å²) in [7, 11) is -3.44. The van der Waals surface area contributed by atoms with Gasteiger partial charge in [0.15, 0.2) is 26.4 Å². The number of anilines is 1. The Morgan fingerprint density at radius 3 is 2.53 bits per heavy atom. The highest BCUT2D eigenvalue weighted by molar-refractivity contribution is 7.90. The topological polar surface area (TPSA) is 104 Å². The van der Waals surface area contributed by atoms with Crippen LogP contribution in [0.3, 0.4) is 0 Å². The molecule has 1 aromatic heterocycles. The van der Waals surface area contributed by atoms with E-state index in [4.69, 9.17) is 14.2 Å². The fourth-order valence-electron chi connectivity index (χ4n) is 3.25. The Labute approximate surface area is 199 Å². The van der Waals surface area contributed by atoms with Crippen molar-refractivity contribution in [1.82, 2.24) is 4.98 Å². The summed E-state index contributed by atoms with van der Waals surface area (Å²) in [4.78, 5) is 17.1. The van der Waals surface area contributed by atoms with Crippen LogP contribution in [0.25, 0.3) is 0 Å². The second kappa shape index (κ2) is 9.43. The molecular weight excluding hydrogens is 483 g/mol. The molecule has 4 rings (SSSR count). The molecule has 0 saturated heterocycles. The number of nitrogens with zero attached hydrogens (tertiary/aromatic N) is 1. The molecule has 2 unspecified atom stereocenters. The molecular formula is C23H21FN2O6S2. The van der Waals surface area contributed by atoms with E-state index in [9.17, 15) is 17.6 Å². The number of amides is 1. The first-order chi connectivity index (χ1) is 16.1. The van der Waals surface area contributed by atoms with Crippen LogP contribution in [0.5, 0.6) is 0 Å². The third-order valence-corrected chi connectivity index (χ3v) is 6.91. The lowest BCUT2D eigenvalue weighted by atomic mass is 9.94. The number of hydrogen-bond acceptors (Lipinski definition) is 8. The van der Waals surface area contributed by atoms with Crippen LogP contribution in [0.15, 0.2) is 77.9 Å². The van der Waals surface area contributed by atoms with Gasteiger partial charge < -0.3 is 14.2 Å². The predicted molar refractivity (Wildman–Crippen MR) is 123 cm³/mol. The molecule has 0 fully saturated rings. The monoisotopic (exact) mass is 504 g/mol. The van der Waals surface area contributed by atoms with Crippen molar-refractivity contribution in [2.24, 2.45) is 0 Å². The lowest BCUT2D eigenvalue weighted by molar-refractivity contribution is -0.148. The maximum Gasteiger partial charge on any atom is 0.320 e. The zero-order valence-electron chi connectivity index (χ0n) is 18.2. The highest BCUT2D eigenvalue weighted by Gasteiger charge is 2.41. The highest BCUT2D eigenvalue weighted by Crippen LogP contribution is 2.34. The normalized spacial score (nSPS) is 17.1. The van der Waals surface area contributed by atoms with Crippen LogP contribution < -0.4 is 5.32 Å². The molecule has 1 N–H and O–H groups in total. The Bertz CT molecular complexity index is 1310. The van der Waals surface area contributed by atoms with Gasteiger partial charge in [-0.3, -0.25) is 10.1 Å². The summed E-state index contributed by atoms with van der Waals surface area (Å²) < 4.78 is 54.3. The summed E-state index contributed by atoms with van der Waals surface area (Å²) >= 11 is 0.662. The van der Waals surface area contributed by atoms with Gasteiger partial charge in [0, 0.05) is 18.2 Å². The molecule has 0 radical (unpaired) electrons. The Kier molecular flexibility index (Phi) is 6.58. The van der Waals surface area contributed by atoms with Gasteiger partial charge in [-0.15, -0.1) is 0 Å². The van der Waals surface area contributed by atoms with E-state index in [1.165, 1.54) is 37.5 Å². The second-order valence-corrected chi connectivity index (χ2v) is 10.7. The summed E-state index contributed by atoms with van der Waals surface area (Å²) in [5.41, 5.74) is -0.357. The van der Waals surface area contributed by atoms with E-state index in [0.717, 1.165) is 18.0 Å². The quantitative estimate of drug-likeness (QED) is 0.495. The van der Waals surface area contributed by atoms with Gasteiger partial charge in [0.05, 0.1) is 11.1 Å².